The molecule has 0 amide bonds. The molecular formula is C7H15NO2S. The number of rotatable bonds is 2. The third-order valence-corrected chi connectivity index (χ3v) is 3.34. The summed E-state index contributed by atoms with van der Waals surface area (Å²) in [5, 5.41) is 3.19. The van der Waals surface area contributed by atoms with Crippen LogP contribution in [0.25, 0.3) is 0 Å². The first-order chi connectivity index (χ1) is 4.81. The van der Waals surface area contributed by atoms with Gasteiger partial charge in [-0.1, -0.05) is 0 Å². The first kappa shape index (κ1) is 9.00. The monoisotopic (exact) mass is 177 g/mol. The standard InChI is InChI=1S/C7H15NO2S/c1-7(2)6(4-8-7)5-11(3,9)10/h6,8H,4-5H2,1-3H3. The van der Waals surface area contributed by atoms with Gasteiger partial charge in [0.2, 0.25) is 0 Å². The largest absolute Gasteiger partial charge is 0.311 e. The Hall–Kier alpha value is -0.0900. The molecule has 4 heteroatoms. The van der Waals surface area contributed by atoms with Crippen LogP contribution in [-0.2, 0) is 9.84 Å². The molecule has 1 N–H and O–H groups in total. The average molecular weight is 177 g/mol. The zero-order valence-corrected chi connectivity index (χ0v) is 8.03. The molecule has 0 saturated carbocycles. The molecule has 1 saturated heterocycles. The van der Waals surface area contributed by atoms with Crippen LogP contribution >= 0.6 is 0 Å². The van der Waals surface area contributed by atoms with Crippen molar-refractivity contribution in [1.29, 1.82) is 0 Å². The van der Waals surface area contributed by atoms with E-state index in [-0.39, 0.29) is 11.5 Å². The summed E-state index contributed by atoms with van der Waals surface area (Å²) in [6.07, 6.45) is 1.29. The summed E-state index contributed by atoms with van der Waals surface area (Å²) in [7, 11) is -2.80. The van der Waals surface area contributed by atoms with Crippen molar-refractivity contribution >= 4 is 9.84 Å². The van der Waals surface area contributed by atoms with Gasteiger partial charge in [0.15, 0.2) is 0 Å². The second-order valence-electron chi connectivity index (χ2n) is 3.89. The summed E-state index contributed by atoms with van der Waals surface area (Å²) in [6, 6.07) is 0. The Bertz CT molecular complexity index is 243. The van der Waals surface area contributed by atoms with Gasteiger partial charge in [-0.25, -0.2) is 8.42 Å². The van der Waals surface area contributed by atoms with Crippen molar-refractivity contribution in [3.8, 4) is 0 Å². The van der Waals surface area contributed by atoms with Crippen molar-refractivity contribution in [3.63, 3.8) is 0 Å². The van der Waals surface area contributed by atoms with Crippen LogP contribution in [0.2, 0.25) is 0 Å². The normalized spacial score (nSPS) is 29.5. The van der Waals surface area contributed by atoms with Gasteiger partial charge < -0.3 is 5.32 Å². The van der Waals surface area contributed by atoms with Crippen molar-refractivity contribution in [1.82, 2.24) is 5.32 Å². The maximum atomic E-state index is 10.9. The van der Waals surface area contributed by atoms with Gasteiger partial charge in [0, 0.05) is 24.3 Å². The van der Waals surface area contributed by atoms with Crippen LogP contribution in [0.4, 0.5) is 0 Å². The zero-order chi connectivity index (χ0) is 8.70. The van der Waals surface area contributed by atoms with E-state index in [1.54, 1.807) is 0 Å². The van der Waals surface area contributed by atoms with Gasteiger partial charge in [-0.15, -0.1) is 0 Å². The molecule has 1 heterocycles. The van der Waals surface area contributed by atoms with E-state index in [0.717, 1.165) is 6.54 Å². The smallest absolute Gasteiger partial charge is 0.147 e. The van der Waals surface area contributed by atoms with Gasteiger partial charge in [-0.3, -0.25) is 0 Å². The fraction of sp³-hybridized carbons (Fsp3) is 1.00. The predicted octanol–water partition coefficient (Wildman–Crippen LogP) is 0.0290. The number of nitrogens with one attached hydrogen (secondary N) is 1. The van der Waals surface area contributed by atoms with Crippen molar-refractivity contribution < 1.29 is 8.42 Å². The van der Waals surface area contributed by atoms with Crippen molar-refractivity contribution in [2.45, 2.75) is 19.4 Å². The lowest BCUT2D eigenvalue weighted by atomic mass is 9.81. The second kappa shape index (κ2) is 2.45. The third kappa shape index (κ3) is 2.17. The molecule has 1 fully saturated rings. The summed E-state index contributed by atoms with van der Waals surface area (Å²) in [4.78, 5) is 0. The van der Waals surface area contributed by atoms with E-state index in [2.05, 4.69) is 5.32 Å². The lowest BCUT2D eigenvalue weighted by Crippen LogP contribution is -2.63. The minimum atomic E-state index is -2.80. The molecule has 3 nitrogen and oxygen atoms in total. The molecular weight excluding hydrogens is 162 g/mol. The van der Waals surface area contributed by atoms with E-state index < -0.39 is 9.84 Å². The molecule has 0 radical (unpaired) electrons. The van der Waals surface area contributed by atoms with Crippen molar-refractivity contribution in [2.24, 2.45) is 5.92 Å². The molecule has 0 aromatic heterocycles. The Morgan fingerprint density at radius 2 is 2.09 bits per heavy atom. The quantitative estimate of drug-likeness (QED) is 0.647. The molecule has 0 bridgehead atoms. The fourth-order valence-corrected chi connectivity index (χ4v) is 2.55. The van der Waals surface area contributed by atoms with E-state index in [0.29, 0.717) is 5.75 Å². The van der Waals surface area contributed by atoms with Crippen LogP contribution in [0.5, 0.6) is 0 Å². The van der Waals surface area contributed by atoms with Crippen LogP contribution in [0, 0.1) is 5.92 Å². The first-order valence-electron chi connectivity index (χ1n) is 3.74. The number of hydrogen-bond acceptors (Lipinski definition) is 3. The van der Waals surface area contributed by atoms with Gasteiger partial charge in [0.1, 0.15) is 9.84 Å². The fourth-order valence-electron chi connectivity index (χ4n) is 1.29. The summed E-state index contributed by atoms with van der Waals surface area (Å²) in [5.41, 5.74) is 0.0169. The lowest BCUT2D eigenvalue weighted by Gasteiger charge is -2.45. The minimum absolute atomic E-state index is 0.0169. The highest BCUT2D eigenvalue weighted by Gasteiger charge is 2.39. The van der Waals surface area contributed by atoms with E-state index in [1.165, 1.54) is 6.26 Å². The Kier molecular flexibility index (Phi) is 2.01. The molecule has 0 aromatic rings. The Morgan fingerprint density at radius 3 is 2.18 bits per heavy atom. The summed E-state index contributed by atoms with van der Waals surface area (Å²) in [5.74, 6) is 0.602. The summed E-state index contributed by atoms with van der Waals surface area (Å²) < 4.78 is 21.8. The second-order valence-corrected chi connectivity index (χ2v) is 6.08. The van der Waals surface area contributed by atoms with Gasteiger partial charge >= 0.3 is 0 Å². The average Bonchev–Trinajstić information content (AvgIpc) is 1.79. The lowest BCUT2D eigenvalue weighted by molar-refractivity contribution is 0.160. The van der Waals surface area contributed by atoms with E-state index in [1.807, 2.05) is 13.8 Å². The highest BCUT2D eigenvalue weighted by Crippen LogP contribution is 2.25. The molecule has 1 unspecified atom stereocenters. The van der Waals surface area contributed by atoms with Crippen LogP contribution in [0.1, 0.15) is 13.8 Å². The Labute approximate surface area is 68.1 Å². The molecule has 0 aliphatic carbocycles. The van der Waals surface area contributed by atoms with Crippen molar-refractivity contribution in [2.75, 3.05) is 18.6 Å². The molecule has 11 heavy (non-hydrogen) atoms. The third-order valence-electron chi connectivity index (χ3n) is 2.33. The molecule has 1 aliphatic heterocycles. The highest BCUT2D eigenvalue weighted by molar-refractivity contribution is 7.90. The van der Waals surface area contributed by atoms with Gasteiger partial charge in [0.25, 0.3) is 0 Å². The van der Waals surface area contributed by atoms with Gasteiger partial charge in [0.05, 0.1) is 5.75 Å². The van der Waals surface area contributed by atoms with Crippen molar-refractivity contribution in [3.05, 3.63) is 0 Å². The molecule has 1 aliphatic rings. The van der Waals surface area contributed by atoms with Crippen LogP contribution < -0.4 is 5.32 Å². The Balaban J connectivity index is 2.53. The maximum Gasteiger partial charge on any atom is 0.147 e. The van der Waals surface area contributed by atoms with Gasteiger partial charge in [-0.2, -0.15) is 0 Å². The number of sulfone groups is 1. The summed E-state index contributed by atoms with van der Waals surface area (Å²) in [6.45, 7) is 4.90. The van der Waals surface area contributed by atoms with Crippen LogP contribution in [0.15, 0.2) is 0 Å². The number of hydrogen-bond donors (Lipinski definition) is 1. The highest BCUT2D eigenvalue weighted by atomic mass is 32.2. The summed E-state index contributed by atoms with van der Waals surface area (Å²) >= 11 is 0. The van der Waals surface area contributed by atoms with Crippen LogP contribution in [0.3, 0.4) is 0 Å². The first-order valence-corrected chi connectivity index (χ1v) is 5.80. The Morgan fingerprint density at radius 1 is 1.55 bits per heavy atom. The molecule has 0 aromatic carbocycles. The molecule has 1 rings (SSSR count). The minimum Gasteiger partial charge on any atom is -0.311 e. The van der Waals surface area contributed by atoms with E-state index in [9.17, 15) is 8.42 Å². The van der Waals surface area contributed by atoms with Gasteiger partial charge in [-0.05, 0) is 13.8 Å². The predicted molar refractivity (Wildman–Crippen MR) is 45.3 cm³/mol. The van der Waals surface area contributed by atoms with E-state index >= 15 is 0 Å². The zero-order valence-electron chi connectivity index (χ0n) is 7.22. The topological polar surface area (TPSA) is 46.2 Å². The molecule has 0 spiro atoms. The maximum absolute atomic E-state index is 10.9. The molecule has 66 valence electrons. The molecule has 1 atom stereocenters. The van der Waals surface area contributed by atoms with Crippen LogP contribution in [-0.4, -0.2) is 32.5 Å². The SMILES string of the molecule is CC1(C)NCC1CS(C)(=O)=O. The van der Waals surface area contributed by atoms with E-state index in [4.69, 9.17) is 0 Å².